The lowest BCUT2D eigenvalue weighted by Crippen LogP contribution is -2.44. The van der Waals surface area contributed by atoms with Crippen molar-refractivity contribution in [2.45, 2.75) is 58.8 Å². The molecule has 3 aromatic carbocycles. The maximum atomic E-state index is 16.5. The SMILES string of the molecule is CC.CC.CC(C)(C)c1ncn(Sc2ccc(NC(=O)COc3nc(N4CCNCC4)c4cnc(-c5cccc6cccc(Cl)c56)c(F)c4n3)cc2)n1. The molecule has 14 heteroatoms. The number of benzene rings is 3. The van der Waals surface area contributed by atoms with Crippen LogP contribution in [-0.4, -0.2) is 67.8 Å². The summed E-state index contributed by atoms with van der Waals surface area (Å²) in [4.78, 5) is 33.9. The van der Waals surface area contributed by atoms with E-state index in [0.29, 0.717) is 46.0 Å². The van der Waals surface area contributed by atoms with Gasteiger partial charge in [0.25, 0.3) is 5.91 Å². The Morgan fingerprint density at radius 3 is 2.36 bits per heavy atom. The van der Waals surface area contributed by atoms with Gasteiger partial charge in [0.05, 0.1) is 5.39 Å². The number of hydrogen-bond acceptors (Lipinski definition) is 10. The molecule has 53 heavy (non-hydrogen) atoms. The number of hydrogen-bond donors (Lipinski definition) is 2. The normalized spacial score (nSPS) is 12.8. The quantitative estimate of drug-likeness (QED) is 0.156. The van der Waals surface area contributed by atoms with Crippen LogP contribution in [0.1, 0.15) is 54.3 Å². The van der Waals surface area contributed by atoms with Gasteiger partial charge < -0.3 is 20.3 Å². The highest BCUT2D eigenvalue weighted by molar-refractivity contribution is 7.97. The molecule has 0 saturated carbocycles. The molecule has 0 aliphatic carbocycles. The van der Waals surface area contributed by atoms with E-state index in [2.05, 4.69) is 56.4 Å². The van der Waals surface area contributed by atoms with Gasteiger partial charge in [0.15, 0.2) is 18.2 Å². The summed E-state index contributed by atoms with van der Waals surface area (Å²) >= 11 is 7.98. The van der Waals surface area contributed by atoms with Crippen molar-refractivity contribution in [3.05, 3.63) is 89.9 Å². The molecule has 3 aromatic heterocycles. The standard InChI is InChI=1S/C35H33ClFN9O2S.2C2H6/c1-35(2,3)33-40-20-46(44-33)49-23-12-10-22(11-13-23)41-27(47)19-48-34-42-31-25(32(43-34)45-16-14-38-15-17-45)18-39-30(29(31)37)24-8-4-6-21-7-5-9-26(36)28(21)24;2*1-2/h4-13,18,20,38H,14-17,19H2,1-3H3,(H,41,47);2*1-2H3. The molecule has 1 fully saturated rings. The minimum absolute atomic E-state index is 0.0445. The van der Waals surface area contributed by atoms with Gasteiger partial charge in [-0.05, 0) is 35.7 Å². The van der Waals surface area contributed by atoms with E-state index in [1.807, 2.05) is 69.0 Å². The number of nitrogens with one attached hydrogen (secondary N) is 2. The summed E-state index contributed by atoms with van der Waals surface area (Å²) in [5, 5.41) is 13.2. The predicted octanol–water partition coefficient (Wildman–Crippen LogP) is 8.56. The molecule has 6 aromatic rings. The number of carbonyl (C=O) groups is 1. The van der Waals surface area contributed by atoms with Crippen LogP contribution in [0.15, 0.2) is 78.1 Å². The van der Waals surface area contributed by atoms with E-state index >= 15 is 4.39 Å². The Bertz CT molecular complexity index is 2160. The first-order chi connectivity index (χ1) is 25.6. The lowest BCUT2D eigenvalue weighted by Gasteiger charge is -2.29. The van der Waals surface area contributed by atoms with Gasteiger partial charge in [-0.15, -0.1) is 5.10 Å². The minimum atomic E-state index is -0.628. The fourth-order valence-corrected chi connectivity index (χ4v) is 6.53. The number of piperazine rings is 1. The Morgan fingerprint density at radius 1 is 0.981 bits per heavy atom. The molecule has 1 aliphatic heterocycles. The number of anilines is 2. The van der Waals surface area contributed by atoms with Gasteiger partial charge in [0, 0.05) is 76.3 Å². The number of pyridine rings is 1. The van der Waals surface area contributed by atoms with Gasteiger partial charge in [-0.3, -0.25) is 9.78 Å². The first-order valence-corrected chi connectivity index (χ1v) is 18.9. The molecule has 0 bridgehead atoms. The molecule has 7 rings (SSSR count). The molecule has 1 saturated heterocycles. The summed E-state index contributed by atoms with van der Waals surface area (Å²) in [6, 6.07) is 18.3. The van der Waals surface area contributed by atoms with Crippen LogP contribution >= 0.6 is 23.5 Å². The molecule has 4 heterocycles. The Morgan fingerprint density at radius 2 is 1.68 bits per heavy atom. The van der Waals surface area contributed by atoms with E-state index in [1.54, 1.807) is 40.9 Å². The van der Waals surface area contributed by atoms with Crippen molar-refractivity contribution in [3.8, 4) is 17.3 Å². The molecule has 2 N–H and O–H groups in total. The summed E-state index contributed by atoms with van der Waals surface area (Å²) in [6.07, 6.45) is 3.27. The van der Waals surface area contributed by atoms with Crippen molar-refractivity contribution < 1.29 is 13.9 Å². The third-order valence-electron chi connectivity index (χ3n) is 7.98. The number of fused-ring (bicyclic) bond motifs is 2. The smallest absolute Gasteiger partial charge is 0.319 e. The van der Waals surface area contributed by atoms with E-state index < -0.39 is 11.7 Å². The van der Waals surface area contributed by atoms with Crippen LogP contribution in [0.2, 0.25) is 5.02 Å². The van der Waals surface area contributed by atoms with E-state index in [9.17, 15) is 4.79 Å². The number of carbonyl (C=O) groups excluding carboxylic acids is 1. The highest BCUT2D eigenvalue weighted by atomic mass is 35.5. The second kappa shape index (κ2) is 17.8. The molecule has 0 unspecified atom stereocenters. The maximum absolute atomic E-state index is 16.5. The summed E-state index contributed by atoms with van der Waals surface area (Å²) in [7, 11) is 0. The van der Waals surface area contributed by atoms with Crippen molar-refractivity contribution in [3.63, 3.8) is 0 Å². The van der Waals surface area contributed by atoms with Crippen LogP contribution in [0.25, 0.3) is 32.9 Å². The zero-order valence-electron chi connectivity index (χ0n) is 31.1. The molecule has 11 nitrogen and oxygen atoms in total. The number of nitrogens with zero attached hydrogens (tertiary/aromatic N) is 7. The average molecular weight is 758 g/mol. The Hall–Kier alpha value is -4.85. The number of rotatable bonds is 8. The van der Waals surface area contributed by atoms with Crippen molar-refractivity contribution in [2.24, 2.45) is 0 Å². The molecule has 0 spiro atoms. The van der Waals surface area contributed by atoms with Gasteiger partial charge >= 0.3 is 6.01 Å². The highest BCUT2D eigenvalue weighted by Gasteiger charge is 2.24. The van der Waals surface area contributed by atoms with Crippen LogP contribution in [0.4, 0.5) is 15.9 Å². The first kappa shape index (κ1) is 39.4. The lowest BCUT2D eigenvalue weighted by molar-refractivity contribution is -0.118. The lowest BCUT2D eigenvalue weighted by atomic mass is 9.96. The van der Waals surface area contributed by atoms with Gasteiger partial charge in [-0.1, -0.05) is 90.4 Å². The van der Waals surface area contributed by atoms with Gasteiger partial charge in [0.2, 0.25) is 0 Å². The van der Waals surface area contributed by atoms with Crippen molar-refractivity contribution in [1.82, 2.24) is 34.4 Å². The van der Waals surface area contributed by atoms with E-state index in [1.165, 1.54) is 11.9 Å². The summed E-state index contributed by atoms with van der Waals surface area (Å²) in [6.45, 7) is 16.6. The van der Waals surface area contributed by atoms with Gasteiger partial charge in [0.1, 0.15) is 23.4 Å². The van der Waals surface area contributed by atoms with E-state index in [0.717, 1.165) is 29.2 Å². The van der Waals surface area contributed by atoms with Crippen LogP contribution < -0.4 is 20.3 Å². The fourth-order valence-electron chi connectivity index (χ4n) is 5.56. The zero-order chi connectivity index (χ0) is 38.1. The topological polar surface area (TPSA) is 123 Å². The van der Waals surface area contributed by atoms with E-state index in [-0.39, 0.29) is 29.2 Å². The van der Waals surface area contributed by atoms with E-state index in [4.69, 9.17) is 16.3 Å². The van der Waals surface area contributed by atoms with Gasteiger partial charge in [-0.2, -0.15) is 14.1 Å². The molecule has 1 amide bonds. The third kappa shape index (κ3) is 9.21. The highest BCUT2D eigenvalue weighted by Crippen LogP contribution is 2.37. The molecular weight excluding hydrogens is 713 g/mol. The molecule has 0 atom stereocenters. The Balaban J connectivity index is 0.00000131. The Kier molecular flexibility index (Phi) is 13.2. The fraction of sp³-hybridized carbons (Fsp3) is 0.333. The third-order valence-corrected chi connectivity index (χ3v) is 9.14. The van der Waals surface area contributed by atoms with Crippen LogP contribution in [0.3, 0.4) is 0 Å². The molecule has 278 valence electrons. The Labute approximate surface area is 318 Å². The summed E-state index contributed by atoms with van der Waals surface area (Å²) in [5.41, 5.74) is 1.14. The maximum Gasteiger partial charge on any atom is 0.319 e. The predicted molar refractivity (Wildman–Crippen MR) is 214 cm³/mol. The molecule has 0 radical (unpaired) electrons. The van der Waals surface area contributed by atoms with Crippen molar-refractivity contribution >= 4 is 62.6 Å². The van der Waals surface area contributed by atoms with Crippen molar-refractivity contribution in [2.75, 3.05) is 43.0 Å². The number of amides is 1. The number of aromatic nitrogens is 6. The largest absolute Gasteiger partial charge is 0.453 e. The van der Waals surface area contributed by atoms with Crippen LogP contribution in [-0.2, 0) is 10.2 Å². The minimum Gasteiger partial charge on any atom is -0.453 e. The second-order valence-electron chi connectivity index (χ2n) is 12.6. The number of halogens is 2. The second-order valence-corrected chi connectivity index (χ2v) is 14.0. The van der Waals surface area contributed by atoms with Crippen LogP contribution in [0.5, 0.6) is 6.01 Å². The monoisotopic (exact) mass is 757 g/mol. The van der Waals surface area contributed by atoms with Gasteiger partial charge in [-0.25, -0.2) is 9.37 Å². The average Bonchev–Trinajstić information content (AvgIpc) is 3.66. The molecular formula is C39H45ClFN9O2S. The summed E-state index contributed by atoms with van der Waals surface area (Å²) in [5.74, 6) is 0.205. The first-order valence-electron chi connectivity index (χ1n) is 17.8. The van der Waals surface area contributed by atoms with Crippen LogP contribution in [0, 0.1) is 5.82 Å². The molecule has 1 aliphatic rings. The number of ether oxygens (including phenoxy) is 1. The van der Waals surface area contributed by atoms with Crippen molar-refractivity contribution in [1.29, 1.82) is 0 Å². The summed E-state index contributed by atoms with van der Waals surface area (Å²) < 4.78 is 24.0. The zero-order valence-corrected chi connectivity index (χ0v) is 32.6.